The van der Waals surface area contributed by atoms with E-state index in [0.29, 0.717) is 12.8 Å². The Bertz CT molecular complexity index is 1270. The number of nitrogens with one attached hydrogen (secondary N) is 1. The molecule has 1 heterocycles. The maximum absolute atomic E-state index is 12.8. The molecule has 1 amide bonds. The summed E-state index contributed by atoms with van der Waals surface area (Å²) in [5.41, 5.74) is 3.05. The van der Waals surface area contributed by atoms with Crippen molar-refractivity contribution < 1.29 is 13.2 Å². The molecule has 1 N–H and O–H groups in total. The van der Waals surface area contributed by atoms with Crippen molar-refractivity contribution in [3.63, 3.8) is 0 Å². The predicted octanol–water partition coefficient (Wildman–Crippen LogP) is 4.52. The first-order chi connectivity index (χ1) is 17.9. The second-order valence-corrected chi connectivity index (χ2v) is 11.1. The van der Waals surface area contributed by atoms with Gasteiger partial charge < -0.3 is 4.90 Å². The van der Waals surface area contributed by atoms with Gasteiger partial charge in [-0.1, -0.05) is 84.9 Å². The van der Waals surface area contributed by atoms with Gasteiger partial charge in [-0.3, -0.25) is 9.69 Å². The van der Waals surface area contributed by atoms with Crippen LogP contribution in [0.15, 0.2) is 95.9 Å². The van der Waals surface area contributed by atoms with E-state index in [9.17, 15) is 13.2 Å². The van der Waals surface area contributed by atoms with Gasteiger partial charge >= 0.3 is 0 Å². The molecule has 0 spiro atoms. The van der Waals surface area contributed by atoms with E-state index in [1.807, 2.05) is 60.4 Å². The second-order valence-electron chi connectivity index (χ2n) is 9.39. The maximum Gasteiger partial charge on any atom is 0.241 e. The van der Waals surface area contributed by atoms with Gasteiger partial charge in [0.2, 0.25) is 15.9 Å². The summed E-state index contributed by atoms with van der Waals surface area (Å²) in [7, 11) is -3.64. The molecular formula is C30H35N3O3S. The van der Waals surface area contributed by atoms with E-state index in [0.717, 1.165) is 43.9 Å². The largest absolute Gasteiger partial charge is 0.340 e. The smallest absolute Gasteiger partial charge is 0.241 e. The quantitative estimate of drug-likeness (QED) is 0.430. The number of benzene rings is 3. The third-order valence-corrected chi connectivity index (χ3v) is 8.25. The van der Waals surface area contributed by atoms with Crippen molar-refractivity contribution in [1.29, 1.82) is 0 Å². The summed E-state index contributed by atoms with van der Waals surface area (Å²) in [6.07, 6.45) is 5.32. The minimum Gasteiger partial charge on any atom is -0.340 e. The predicted molar refractivity (Wildman–Crippen MR) is 148 cm³/mol. The van der Waals surface area contributed by atoms with Gasteiger partial charge in [-0.25, -0.2) is 13.1 Å². The zero-order valence-corrected chi connectivity index (χ0v) is 22.1. The summed E-state index contributed by atoms with van der Waals surface area (Å²) in [4.78, 5) is 17.3. The lowest BCUT2D eigenvalue weighted by atomic mass is 10.1. The molecule has 0 radical (unpaired) electrons. The number of carbonyl (C=O) groups is 1. The fourth-order valence-corrected chi connectivity index (χ4v) is 5.67. The van der Waals surface area contributed by atoms with Gasteiger partial charge in [-0.05, 0) is 42.2 Å². The van der Waals surface area contributed by atoms with Crippen LogP contribution in [-0.4, -0.2) is 56.8 Å². The molecule has 0 aliphatic carbocycles. The number of sulfonamides is 1. The lowest BCUT2D eigenvalue weighted by Crippen LogP contribution is -2.48. The van der Waals surface area contributed by atoms with Crippen LogP contribution in [0.1, 0.15) is 36.1 Å². The molecule has 0 aromatic heterocycles. The summed E-state index contributed by atoms with van der Waals surface area (Å²) >= 11 is 0. The first-order valence-corrected chi connectivity index (χ1v) is 14.3. The minimum absolute atomic E-state index is 0.148. The van der Waals surface area contributed by atoms with Crippen LogP contribution in [0, 0.1) is 0 Å². The van der Waals surface area contributed by atoms with E-state index < -0.39 is 10.0 Å². The standard InChI is InChI=1S/C30H35N3O3S/c1-25(28-12-6-3-7-13-28)31-37(35,36)29-17-14-27(15-18-29)16-19-30(34)33-23-21-32(22-24-33)20-8-11-26-9-4-2-5-10-26/h2-15,17-18,25,31H,16,19-24H2,1H3/b11-8+/t25-/m1/s1. The highest BCUT2D eigenvalue weighted by Gasteiger charge is 2.21. The molecule has 1 aliphatic heterocycles. The van der Waals surface area contributed by atoms with Crippen molar-refractivity contribution in [2.24, 2.45) is 0 Å². The topological polar surface area (TPSA) is 69.7 Å². The molecule has 0 unspecified atom stereocenters. The Morgan fingerprint density at radius 3 is 2.16 bits per heavy atom. The van der Waals surface area contributed by atoms with Crippen LogP contribution in [0.2, 0.25) is 0 Å². The van der Waals surface area contributed by atoms with Crippen molar-refractivity contribution >= 4 is 22.0 Å². The summed E-state index contributed by atoms with van der Waals surface area (Å²) in [5, 5.41) is 0. The molecule has 7 heteroatoms. The van der Waals surface area contributed by atoms with Gasteiger partial charge in [0.1, 0.15) is 0 Å². The fraction of sp³-hybridized carbons (Fsp3) is 0.300. The third-order valence-electron chi connectivity index (χ3n) is 6.69. The molecule has 3 aromatic rings. The third kappa shape index (κ3) is 7.86. The minimum atomic E-state index is -3.64. The van der Waals surface area contributed by atoms with E-state index >= 15 is 0 Å². The normalized spacial score (nSPS) is 15.6. The molecule has 1 aliphatic rings. The maximum atomic E-state index is 12.8. The Kier molecular flexibility index (Phi) is 9.28. The molecule has 1 fully saturated rings. The van der Waals surface area contributed by atoms with Gasteiger partial charge in [-0.2, -0.15) is 0 Å². The summed E-state index contributed by atoms with van der Waals surface area (Å²) < 4.78 is 28.3. The number of rotatable bonds is 10. The van der Waals surface area contributed by atoms with Crippen LogP contribution in [0.5, 0.6) is 0 Å². The molecule has 37 heavy (non-hydrogen) atoms. The number of hydrogen-bond acceptors (Lipinski definition) is 4. The van der Waals surface area contributed by atoms with Gasteiger partial charge in [0, 0.05) is 45.2 Å². The molecule has 0 bridgehead atoms. The molecule has 6 nitrogen and oxygen atoms in total. The second kappa shape index (κ2) is 12.8. The average Bonchev–Trinajstić information content (AvgIpc) is 2.93. The zero-order valence-electron chi connectivity index (χ0n) is 21.3. The highest BCUT2D eigenvalue weighted by molar-refractivity contribution is 7.89. The number of amides is 1. The van der Waals surface area contributed by atoms with Gasteiger partial charge in [0.25, 0.3) is 0 Å². The Morgan fingerprint density at radius 2 is 1.51 bits per heavy atom. The summed E-state index contributed by atoms with van der Waals surface area (Å²) in [6.45, 7) is 5.91. The summed E-state index contributed by atoms with van der Waals surface area (Å²) in [5.74, 6) is 0.148. The highest BCUT2D eigenvalue weighted by Crippen LogP contribution is 2.18. The highest BCUT2D eigenvalue weighted by atomic mass is 32.2. The van der Waals surface area contributed by atoms with E-state index in [4.69, 9.17) is 0 Å². The van der Waals surface area contributed by atoms with Crippen LogP contribution < -0.4 is 4.72 Å². The Balaban J connectivity index is 1.21. The molecule has 3 aromatic carbocycles. The Hall–Kier alpha value is -3.26. The lowest BCUT2D eigenvalue weighted by molar-refractivity contribution is -0.132. The molecule has 4 rings (SSSR count). The van der Waals surface area contributed by atoms with Crippen molar-refractivity contribution in [3.05, 3.63) is 108 Å². The van der Waals surface area contributed by atoms with Gasteiger partial charge in [0.05, 0.1) is 4.90 Å². The SMILES string of the molecule is C[C@@H](NS(=O)(=O)c1ccc(CCC(=O)N2CCN(C/C=C/c3ccccc3)CC2)cc1)c1ccccc1. The Labute approximate surface area is 220 Å². The number of aryl methyl sites for hydroxylation is 1. The molecule has 0 saturated carbocycles. The van der Waals surface area contributed by atoms with Gasteiger partial charge in [-0.15, -0.1) is 0 Å². The van der Waals surface area contributed by atoms with Gasteiger partial charge in [0.15, 0.2) is 0 Å². The first-order valence-electron chi connectivity index (χ1n) is 12.8. The van der Waals surface area contributed by atoms with Crippen LogP contribution in [0.25, 0.3) is 6.08 Å². The lowest BCUT2D eigenvalue weighted by Gasteiger charge is -2.34. The number of nitrogens with zero attached hydrogens (tertiary/aromatic N) is 2. The number of piperazine rings is 1. The van der Waals surface area contributed by atoms with Crippen LogP contribution in [0.3, 0.4) is 0 Å². The van der Waals surface area contributed by atoms with E-state index in [2.05, 4.69) is 33.9 Å². The number of hydrogen-bond donors (Lipinski definition) is 1. The molecule has 1 saturated heterocycles. The van der Waals surface area contributed by atoms with Crippen molar-refractivity contribution in [2.75, 3.05) is 32.7 Å². The van der Waals surface area contributed by atoms with Crippen LogP contribution in [-0.2, 0) is 21.2 Å². The van der Waals surface area contributed by atoms with E-state index in [1.165, 1.54) is 5.56 Å². The molecule has 1 atom stereocenters. The molecular weight excluding hydrogens is 482 g/mol. The van der Waals surface area contributed by atoms with Crippen molar-refractivity contribution in [2.45, 2.75) is 30.7 Å². The van der Waals surface area contributed by atoms with Crippen LogP contribution >= 0.6 is 0 Å². The fourth-order valence-electron chi connectivity index (χ4n) is 4.44. The zero-order chi connectivity index (χ0) is 26.1. The van der Waals surface area contributed by atoms with E-state index in [1.54, 1.807) is 24.3 Å². The average molecular weight is 518 g/mol. The molecule has 194 valence electrons. The number of carbonyl (C=O) groups excluding carboxylic acids is 1. The first kappa shape index (κ1) is 26.8. The monoisotopic (exact) mass is 517 g/mol. The van der Waals surface area contributed by atoms with E-state index in [-0.39, 0.29) is 16.8 Å². The van der Waals surface area contributed by atoms with Crippen molar-refractivity contribution in [3.8, 4) is 0 Å². The summed E-state index contributed by atoms with van der Waals surface area (Å²) in [6, 6.07) is 26.2. The van der Waals surface area contributed by atoms with Crippen LogP contribution in [0.4, 0.5) is 0 Å². The van der Waals surface area contributed by atoms with Crippen molar-refractivity contribution in [1.82, 2.24) is 14.5 Å². The Morgan fingerprint density at radius 1 is 0.892 bits per heavy atom.